The lowest BCUT2D eigenvalue weighted by Crippen LogP contribution is -2.48. The van der Waals surface area contributed by atoms with Gasteiger partial charge in [0.2, 0.25) is 0 Å². The largest absolute Gasteiger partial charge is 0.489 e. The Morgan fingerprint density at radius 2 is 1.83 bits per heavy atom. The number of nitrogens with one attached hydrogen (secondary N) is 2. The summed E-state index contributed by atoms with van der Waals surface area (Å²) < 4.78 is 5.76. The minimum Gasteiger partial charge on any atom is -0.489 e. The molecule has 0 aliphatic heterocycles. The number of nitriles is 1. The van der Waals surface area contributed by atoms with Crippen LogP contribution in [0.5, 0.6) is 5.75 Å². The van der Waals surface area contributed by atoms with Crippen LogP contribution in [0.3, 0.4) is 0 Å². The third-order valence-electron chi connectivity index (χ3n) is 5.12. The van der Waals surface area contributed by atoms with Crippen molar-refractivity contribution in [2.75, 3.05) is 0 Å². The molecule has 0 spiro atoms. The fraction of sp³-hybridized carbons (Fsp3) is 0.185. The second kappa shape index (κ2) is 12.4. The molecule has 0 saturated heterocycles. The first kappa shape index (κ1) is 25.5. The Kier molecular flexibility index (Phi) is 8.99. The number of amides is 2. The molecule has 0 heterocycles. The summed E-state index contributed by atoms with van der Waals surface area (Å²) in [4.78, 5) is 25.1. The number of rotatable bonds is 9. The smallest absolute Gasteiger partial charge is 0.262 e. The summed E-state index contributed by atoms with van der Waals surface area (Å²) in [5, 5.41) is 16.4. The van der Waals surface area contributed by atoms with Gasteiger partial charge >= 0.3 is 0 Å². The van der Waals surface area contributed by atoms with Gasteiger partial charge in [0.15, 0.2) is 0 Å². The lowest BCUT2D eigenvalue weighted by molar-refractivity contribution is -0.123. The molecule has 3 aromatic rings. The summed E-state index contributed by atoms with van der Waals surface area (Å²) in [7, 11) is 0. The normalized spacial score (nSPS) is 11.6. The fourth-order valence-electron chi connectivity index (χ4n) is 3.20. The first-order chi connectivity index (χ1) is 16.9. The van der Waals surface area contributed by atoms with Crippen molar-refractivity contribution in [3.63, 3.8) is 0 Å². The zero-order valence-electron chi connectivity index (χ0n) is 19.4. The maximum absolute atomic E-state index is 12.6. The summed E-state index contributed by atoms with van der Waals surface area (Å²) in [6, 6.07) is 22.3. The third kappa shape index (κ3) is 7.42. The zero-order chi connectivity index (χ0) is 25.2. The summed E-state index contributed by atoms with van der Waals surface area (Å²) >= 11 is 5.95. The minimum atomic E-state index is -0.773. The summed E-state index contributed by atoms with van der Waals surface area (Å²) in [6.07, 6.45) is 1.50. The van der Waals surface area contributed by atoms with Crippen LogP contribution in [0.25, 0.3) is 0 Å². The zero-order valence-corrected chi connectivity index (χ0v) is 20.1. The van der Waals surface area contributed by atoms with Crippen LogP contribution in [0.2, 0.25) is 5.02 Å². The molecule has 178 valence electrons. The molecular formula is C27H25ClN4O3. The lowest BCUT2D eigenvalue weighted by Gasteiger charge is -2.20. The first-order valence-corrected chi connectivity index (χ1v) is 11.4. The summed E-state index contributed by atoms with van der Waals surface area (Å²) in [6.45, 7) is 3.95. The van der Waals surface area contributed by atoms with Gasteiger partial charge in [-0.25, -0.2) is 5.43 Å². The molecule has 0 saturated carbocycles. The molecule has 3 rings (SSSR count). The second-order valence-electron chi connectivity index (χ2n) is 8.07. The van der Waals surface area contributed by atoms with Crippen LogP contribution >= 0.6 is 11.6 Å². The van der Waals surface area contributed by atoms with Crippen molar-refractivity contribution in [2.24, 2.45) is 11.0 Å². The number of nitrogens with zero attached hydrogens (tertiary/aromatic N) is 2. The van der Waals surface area contributed by atoms with Crippen molar-refractivity contribution < 1.29 is 14.3 Å². The van der Waals surface area contributed by atoms with Crippen molar-refractivity contribution in [3.05, 3.63) is 100 Å². The van der Waals surface area contributed by atoms with E-state index in [-0.39, 0.29) is 12.5 Å². The number of hydrazone groups is 1. The number of benzene rings is 3. The first-order valence-electron chi connectivity index (χ1n) is 11.0. The van der Waals surface area contributed by atoms with E-state index in [1.807, 2.05) is 32.0 Å². The highest BCUT2D eigenvalue weighted by Crippen LogP contribution is 2.16. The highest BCUT2D eigenvalue weighted by Gasteiger charge is 2.24. The Bertz CT molecular complexity index is 1250. The Labute approximate surface area is 209 Å². The van der Waals surface area contributed by atoms with Gasteiger partial charge in [-0.1, -0.05) is 49.7 Å². The maximum atomic E-state index is 12.6. The van der Waals surface area contributed by atoms with Crippen LogP contribution in [0.15, 0.2) is 77.9 Å². The van der Waals surface area contributed by atoms with Crippen LogP contribution in [0, 0.1) is 17.2 Å². The molecule has 2 amide bonds. The maximum Gasteiger partial charge on any atom is 0.262 e. The Morgan fingerprint density at radius 1 is 1.09 bits per heavy atom. The molecule has 2 N–H and O–H groups in total. The van der Waals surface area contributed by atoms with Crippen LogP contribution in [-0.2, 0) is 11.4 Å². The highest BCUT2D eigenvalue weighted by atomic mass is 35.5. The van der Waals surface area contributed by atoms with Crippen LogP contribution in [0.1, 0.15) is 40.9 Å². The number of ether oxygens (including phenoxy) is 1. The topological polar surface area (TPSA) is 104 Å². The van der Waals surface area contributed by atoms with E-state index in [4.69, 9.17) is 21.6 Å². The average Bonchev–Trinajstić information content (AvgIpc) is 2.86. The molecule has 7 nitrogen and oxygen atoms in total. The molecule has 0 radical (unpaired) electrons. The van der Waals surface area contributed by atoms with Gasteiger partial charge in [-0.2, -0.15) is 10.4 Å². The number of hydrogen-bond donors (Lipinski definition) is 2. The molecule has 0 fully saturated rings. The van der Waals surface area contributed by atoms with Gasteiger partial charge < -0.3 is 10.1 Å². The van der Waals surface area contributed by atoms with E-state index in [0.29, 0.717) is 21.9 Å². The standard InChI is InChI=1S/C27H25ClN4O3/c1-18(2)25(31-26(33)20-8-5-9-23(28)14-20)27(34)32-30-16-19-10-12-24(13-11-19)35-17-22-7-4-3-6-21(22)15-29/h3-14,16,18,25H,17H2,1-2H3,(H,31,33)(H,32,34). The van der Waals surface area contributed by atoms with Crippen molar-refractivity contribution >= 4 is 29.6 Å². The molecule has 0 aromatic heterocycles. The van der Waals surface area contributed by atoms with Gasteiger partial charge in [-0.3, -0.25) is 9.59 Å². The summed E-state index contributed by atoms with van der Waals surface area (Å²) in [5.41, 5.74) is 4.99. The minimum absolute atomic E-state index is 0.157. The van der Waals surface area contributed by atoms with E-state index in [1.165, 1.54) is 6.21 Å². The molecule has 35 heavy (non-hydrogen) atoms. The van der Waals surface area contributed by atoms with E-state index in [1.54, 1.807) is 54.6 Å². The van der Waals surface area contributed by atoms with E-state index < -0.39 is 17.9 Å². The molecule has 0 aliphatic rings. The predicted octanol–water partition coefficient (Wildman–Crippen LogP) is 4.70. The van der Waals surface area contributed by atoms with Crippen LogP contribution in [-0.4, -0.2) is 24.1 Å². The van der Waals surface area contributed by atoms with Crippen LogP contribution < -0.4 is 15.5 Å². The SMILES string of the molecule is CC(C)C(NC(=O)c1cccc(Cl)c1)C(=O)NN=Cc1ccc(OCc2ccccc2C#N)cc1. The molecule has 0 aliphatic carbocycles. The van der Waals surface area contributed by atoms with E-state index in [0.717, 1.165) is 11.1 Å². The van der Waals surface area contributed by atoms with E-state index in [9.17, 15) is 9.59 Å². The number of carbonyl (C=O) groups excluding carboxylic acids is 2. The second-order valence-corrected chi connectivity index (χ2v) is 8.50. The molecular weight excluding hydrogens is 464 g/mol. The third-order valence-corrected chi connectivity index (χ3v) is 5.36. The lowest BCUT2D eigenvalue weighted by atomic mass is 10.0. The van der Waals surface area contributed by atoms with Crippen molar-refractivity contribution in [3.8, 4) is 11.8 Å². The number of carbonyl (C=O) groups is 2. The molecule has 3 aromatic carbocycles. The Morgan fingerprint density at radius 3 is 2.51 bits per heavy atom. The van der Waals surface area contributed by atoms with Gasteiger partial charge in [0, 0.05) is 16.1 Å². The van der Waals surface area contributed by atoms with Gasteiger partial charge in [0.05, 0.1) is 17.8 Å². The predicted molar refractivity (Wildman–Crippen MR) is 135 cm³/mol. The van der Waals surface area contributed by atoms with E-state index in [2.05, 4.69) is 21.9 Å². The van der Waals surface area contributed by atoms with Gasteiger partial charge in [-0.15, -0.1) is 0 Å². The number of hydrogen-bond acceptors (Lipinski definition) is 5. The van der Waals surface area contributed by atoms with Crippen molar-refractivity contribution in [2.45, 2.75) is 26.5 Å². The highest BCUT2D eigenvalue weighted by molar-refractivity contribution is 6.31. The fourth-order valence-corrected chi connectivity index (χ4v) is 3.39. The van der Waals surface area contributed by atoms with Crippen molar-refractivity contribution in [1.82, 2.24) is 10.7 Å². The average molecular weight is 489 g/mol. The van der Waals surface area contributed by atoms with Gasteiger partial charge in [-0.05, 0) is 60.0 Å². The Balaban J connectivity index is 1.54. The molecule has 0 bridgehead atoms. The molecule has 1 unspecified atom stereocenters. The monoisotopic (exact) mass is 488 g/mol. The Hall–Kier alpha value is -4.15. The number of halogens is 1. The summed E-state index contributed by atoms with van der Waals surface area (Å²) in [5.74, 6) is -0.334. The molecule has 8 heteroatoms. The van der Waals surface area contributed by atoms with E-state index >= 15 is 0 Å². The quantitative estimate of drug-likeness (QED) is 0.336. The van der Waals surface area contributed by atoms with Gasteiger partial charge in [0.1, 0.15) is 18.4 Å². The molecule has 1 atom stereocenters. The van der Waals surface area contributed by atoms with Crippen molar-refractivity contribution in [1.29, 1.82) is 5.26 Å². The van der Waals surface area contributed by atoms with Crippen LogP contribution in [0.4, 0.5) is 0 Å². The van der Waals surface area contributed by atoms with Gasteiger partial charge in [0.25, 0.3) is 11.8 Å².